The van der Waals surface area contributed by atoms with Gasteiger partial charge in [0, 0.05) is 5.56 Å². The van der Waals surface area contributed by atoms with Gasteiger partial charge in [-0.3, -0.25) is 0 Å². The molecule has 0 radical (unpaired) electrons. The summed E-state index contributed by atoms with van der Waals surface area (Å²) < 4.78 is 50.8. The van der Waals surface area contributed by atoms with Gasteiger partial charge in [-0.05, 0) is 6.07 Å². The highest BCUT2D eigenvalue weighted by atomic mass is 19.4. The minimum Gasteiger partial charge on any atom is -0.389 e. The van der Waals surface area contributed by atoms with Crippen molar-refractivity contribution in [1.29, 1.82) is 5.26 Å². The molecule has 0 aliphatic carbocycles. The molecular weight excluding hydrogens is 254 g/mol. The van der Waals surface area contributed by atoms with Gasteiger partial charge in [-0.2, -0.15) is 18.4 Å². The van der Waals surface area contributed by atoms with E-state index < -0.39 is 41.7 Å². The van der Waals surface area contributed by atoms with E-state index in [1.165, 1.54) is 6.07 Å². The van der Waals surface area contributed by atoms with Crippen molar-refractivity contribution in [2.45, 2.75) is 24.8 Å². The van der Waals surface area contributed by atoms with Crippen molar-refractivity contribution >= 4 is 0 Å². The molecule has 0 amide bonds. The highest BCUT2D eigenvalue weighted by molar-refractivity contribution is 5.30. The van der Waals surface area contributed by atoms with E-state index in [2.05, 4.69) is 0 Å². The molecule has 18 heavy (non-hydrogen) atoms. The van der Waals surface area contributed by atoms with Crippen LogP contribution in [0.1, 0.15) is 23.7 Å². The van der Waals surface area contributed by atoms with Crippen LogP contribution < -0.4 is 0 Å². The molecule has 2 unspecified atom stereocenters. The second-order valence-electron chi connectivity index (χ2n) is 3.58. The van der Waals surface area contributed by atoms with E-state index in [1.807, 2.05) is 0 Å². The average Bonchev–Trinajstić information content (AvgIpc) is 2.27. The Morgan fingerprint density at radius 2 is 1.89 bits per heavy atom. The van der Waals surface area contributed by atoms with Gasteiger partial charge in [-0.1, -0.05) is 12.1 Å². The lowest BCUT2D eigenvalue weighted by Crippen LogP contribution is -2.20. The third-order valence-electron chi connectivity index (χ3n) is 2.32. The summed E-state index contributed by atoms with van der Waals surface area (Å²) in [6.07, 6.45) is -8.93. The molecule has 0 heterocycles. The first-order chi connectivity index (χ1) is 8.29. The van der Waals surface area contributed by atoms with Crippen LogP contribution in [0.4, 0.5) is 17.6 Å². The topological polar surface area (TPSA) is 64.2 Å². The van der Waals surface area contributed by atoms with Crippen molar-refractivity contribution < 1.29 is 27.8 Å². The zero-order valence-corrected chi connectivity index (χ0v) is 8.95. The van der Waals surface area contributed by atoms with Crippen molar-refractivity contribution in [3.05, 3.63) is 35.1 Å². The fourth-order valence-corrected chi connectivity index (χ4v) is 1.41. The maximum absolute atomic E-state index is 13.5. The van der Waals surface area contributed by atoms with Crippen LogP contribution in [0.15, 0.2) is 18.2 Å². The Hall–Kier alpha value is -1.65. The fraction of sp³-hybridized carbons (Fsp3) is 0.364. The van der Waals surface area contributed by atoms with E-state index >= 15 is 0 Å². The summed E-state index contributed by atoms with van der Waals surface area (Å²) in [6, 6.07) is 3.90. The van der Waals surface area contributed by atoms with E-state index in [1.54, 1.807) is 0 Å². The minimum atomic E-state index is -4.89. The molecule has 7 heteroatoms. The number of aliphatic hydroxyl groups is 2. The second-order valence-corrected chi connectivity index (χ2v) is 3.58. The zero-order valence-electron chi connectivity index (χ0n) is 8.95. The highest BCUT2D eigenvalue weighted by Crippen LogP contribution is 2.34. The molecule has 1 aromatic carbocycles. The third kappa shape index (κ3) is 2.97. The number of rotatable bonds is 3. The third-order valence-corrected chi connectivity index (χ3v) is 2.32. The molecule has 0 aliphatic rings. The van der Waals surface area contributed by atoms with Gasteiger partial charge < -0.3 is 10.2 Å². The van der Waals surface area contributed by atoms with Crippen LogP contribution in [0.2, 0.25) is 0 Å². The van der Waals surface area contributed by atoms with Crippen LogP contribution in [-0.4, -0.2) is 16.3 Å². The van der Waals surface area contributed by atoms with Crippen molar-refractivity contribution in [2.24, 2.45) is 0 Å². The van der Waals surface area contributed by atoms with Gasteiger partial charge in [-0.25, -0.2) is 4.39 Å². The number of halogens is 4. The van der Waals surface area contributed by atoms with Crippen molar-refractivity contribution in [3.63, 3.8) is 0 Å². The molecule has 0 bridgehead atoms. The van der Waals surface area contributed by atoms with E-state index in [-0.39, 0.29) is 0 Å². The number of benzene rings is 1. The van der Waals surface area contributed by atoms with Crippen LogP contribution in [-0.2, 0) is 6.18 Å². The molecule has 98 valence electrons. The van der Waals surface area contributed by atoms with E-state index in [4.69, 9.17) is 5.26 Å². The Kier molecular flexibility index (Phi) is 4.27. The van der Waals surface area contributed by atoms with Gasteiger partial charge in [0.1, 0.15) is 11.9 Å². The highest BCUT2D eigenvalue weighted by Gasteiger charge is 2.36. The predicted molar refractivity (Wildman–Crippen MR) is 52.6 cm³/mol. The van der Waals surface area contributed by atoms with Gasteiger partial charge in [0.25, 0.3) is 0 Å². The van der Waals surface area contributed by atoms with Crippen LogP contribution in [0, 0.1) is 17.1 Å². The van der Waals surface area contributed by atoms with Gasteiger partial charge in [-0.15, -0.1) is 0 Å². The SMILES string of the molecule is N#CCC(O)C(O)c1cccc(C(F)(F)F)c1F. The number of hydrogen-bond donors (Lipinski definition) is 2. The Bertz CT molecular complexity index is 467. The Labute approximate surface area is 99.9 Å². The number of hydrogen-bond acceptors (Lipinski definition) is 3. The quantitative estimate of drug-likeness (QED) is 0.821. The van der Waals surface area contributed by atoms with Gasteiger partial charge in [0.2, 0.25) is 0 Å². The lowest BCUT2D eigenvalue weighted by Gasteiger charge is -2.18. The molecule has 0 saturated carbocycles. The molecule has 0 fully saturated rings. The van der Waals surface area contributed by atoms with Crippen LogP contribution in [0.25, 0.3) is 0 Å². The predicted octanol–water partition coefficient (Wildman–Crippen LogP) is 2.15. The van der Waals surface area contributed by atoms with Gasteiger partial charge in [0.15, 0.2) is 0 Å². The first kappa shape index (κ1) is 14.4. The Morgan fingerprint density at radius 3 is 2.39 bits per heavy atom. The average molecular weight is 263 g/mol. The maximum atomic E-state index is 13.5. The standard InChI is InChI=1S/C11H9F4NO2/c12-9-6(10(18)8(17)4-5-16)2-1-3-7(9)11(13,14)15/h1-3,8,10,17-18H,4H2. The van der Waals surface area contributed by atoms with E-state index in [0.717, 1.165) is 12.1 Å². The molecule has 1 rings (SSSR count). The lowest BCUT2D eigenvalue weighted by atomic mass is 9.99. The normalized spacial score (nSPS) is 14.9. The molecule has 0 aliphatic heterocycles. The smallest absolute Gasteiger partial charge is 0.389 e. The molecule has 3 nitrogen and oxygen atoms in total. The monoisotopic (exact) mass is 263 g/mol. The number of aliphatic hydroxyl groups excluding tert-OH is 2. The first-order valence-corrected chi connectivity index (χ1v) is 4.87. The molecule has 2 atom stereocenters. The van der Waals surface area contributed by atoms with Gasteiger partial charge in [0.05, 0.1) is 24.2 Å². The summed E-state index contributed by atoms with van der Waals surface area (Å²) in [6.45, 7) is 0. The molecule has 0 saturated heterocycles. The molecule has 0 aromatic heterocycles. The molecule has 0 spiro atoms. The second kappa shape index (κ2) is 5.33. The summed E-state index contributed by atoms with van der Waals surface area (Å²) in [7, 11) is 0. The van der Waals surface area contributed by atoms with E-state index in [0.29, 0.717) is 6.07 Å². The van der Waals surface area contributed by atoms with Crippen molar-refractivity contribution in [3.8, 4) is 6.07 Å². The zero-order chi connectivity index (χ0) is 13.9. The van der Waals surface area contributed by atoms with Crippen molar-refractivity contribution in [2.75, 3.05) is 0 Å². The molecular formula is C11H9F4NO2. The molecule has 1 aromatic rings. The summed E-state index contributed by atoms with van der Waals surface area (Å²) in [5.41, 5.74) is -2.21. The van der Waals surface area contributed by atoms with E-state index in [9.17, 15) is 27.8 Å². The number of nitriles is 1. The Balaban J connectivity index is 3.16. The summed E-state index contributed by atoms with van der Waals surface area (Å²) in [5, 5.41) is 27.0. The summed E-state index contributed by atoms with van der Waals surface area (Å²) >= 11 is 0. The summed E-state index contributed by atoms with van der Waals surface area (Å²) in [4.78, 5) is 0. The fourth-order valence-electron chi connectivity index (χ4n) is 1.41. The van der Waals surface area contributed by atoms with Crippen LogP contribution in [0.3, 0.4) is 0 Å². The lowest BCUT2D eigenvalue weighted by molar-refractivity contribution is -0.140. The number of alkyl halides is 3. The first-order valence-electron chi connectivity index (χ1n) is 4.87. The Morgan fingerprint density at radius 1 is 1.28 bits per heavy atom. The van der Waals surface area contributed by atoms with Crippen LogP contribution in [0.5, 0.6) is 0 Å². The summed E-state index contributed by atoms with van der Waals surface area (Å²) in [5.74, 6) is -1.64. The largest absolute Gasteiger partial charge is 0.419 e. The van der Waals surface area contributed by atoms with Crippen molar-refractivity contribution in [1.82, 2.24) is 0 Å². The van der Waals surface area contributed by atoms with Gasteiger partial charge >= 0.3 is 6.18 Å². The minimum absolute atomic E-state index is 0.517. The van der Waals surface area contributed by atoms with Crippen LogP contribution >= 0.6 is 0 Å². The molecule has 2 N–H and O–H groups in total. The number of nitrogens with zero attached hydrogens (tertiary/aromatic N) is 1. The maximum Gasteiger partial charge on any atom is 0.419 e.